The Labute approximate surface area is 329 Å². The van der Waals surface area contributed by atoms with E-state index in [1.54, 1.807) is 13.0 Å². The summed E-state index contributed by atoms with van der Waals surface area (Å²) in [6.07, 6.45) is 7.76. The number of epoxide rings is 1. The number of anilines is 2. The van der Waals surface area contributed by atoms with Gasteiger partial charge in [0.15, 0.2) is 11.0 Å². The second-order valence-electron chi connectivity index (χ2n) is 16.7. The Balaban J connectivity index is 0.953. The van der Waals surface area contributed by atoms with Crippen molar-refractivity contribution in [2.24, 2.45) is 10.9 Å². The van der Waals surface area contributed by atoms with E-state index < -0.39 is 29.2 Å². The number of quaternary nitrogens is 1. The average Bonchev–Trinajstić information content (AvgIpc) is 3.44. The predicted molar refractivity (Wildman–Crippen MR) is 214 cm³/mol. The first kappa shape index (κ1) is 37.0. The maximum absolute atomic E-state index is 14.4. The molecule has 57 heavy (non-hydrogen) atoms. The number of aromatic hydroxyl groups is 1. The van der Waals surface area contributed by atoms with Crippen LogP contribution in [0, 0.1) is 12.8 Å². The lowest BCUT2D eigenvalue weighted by molar-refractivity contribution is -0.848. The molecule has 14 nitrogen and oxygen atoms in total. The largest absolute Gasteiger partial charge is 0.507 e. The molecule has 2 fully saturated rings. The molecule has 0 amide bonds. The van der Waals surface area contributed by atoms with E-state index in [0.29, 0.717) is 79.6 Å². The quantitative estimate of drug-likeness (QED) is 0.129. The number of pyridine rings is 2. The maximum Gasteiger partial charge on any atom is 0.341 e. The number of aryl methyl sites for hydroxylation is 2. The molecule has 14 heteroatoms. The van der Waals surface area contributed by atoms with Gasteiger partial charge in [0, 0.05) is 35.4 Å². The fourth-order valence-corrected chi connectivity index (χ4v) is 9.44. The zero-order chi connectivity index (χ0) is 39.8. The molecule has 9 rings (SSSR count). The number of aliphatic imine (C=N–C) groups is 1. The van der Waals surface area contributed by atoms with Crippen LogP contribution in [-0.4, -0.2) is 70.3 Å². The maximum atomic E-state index is 14.4. The van der Waals surface area contributed by atoms with Crippen molar-refractivity contribution >= 4 is 34.3 Å². The smallest absolute Gasteiger partial charge is 0.341 e. The Morgan fingerprint density at radius 1 is 1.07 bits per heavy atom. The van der Waals surface area contributed by atoms with Crippen molar-refractivity contribution in [1.29, 1.82) is 0 Å². The molecular formula is C43H48N7O7+. The molecule has 0 aliphatic carbocycles. The number of hydrogen-bond acceptors (Lipinski definition) is 13. The summed E-state index contributed by atoms with van der Waals surface area (Å²) in [6.45, 7) is 7.57. The van der Waals surface area contributed by atoms with Crippen molar-refractivity contribution in [3.8, 4) is 22.8 Å². The van der Waals surface area contributed by atoms with E-state index in [1.807, 2.05) is 57.4 Å². The van der Waals surface area contributed by atoms with E-state index in [2.05, 4.69) is 26.5 Å². The SMILES string of the molecule is CNC[C@@H]1CC[C@@]2(O[C@@H]2CCc2cc(N)nc(-c3cc(N)nc(C[NH+]4C=C5C=CN=C5C4)c3)c2)C(=O)O[C@@H]2[C@H](C1)c1c(cc3oc(C)cc(=O)c3c1O)OC2(C)C. The van der Waals surface area contributed by atoms with Crippen molar-refractivity contribution in [2.75, 3.05) is 31.6 Å². The Kier molecular flexibility index (Phi) is 8.98. The predicted octanol–water partition coefficient (Wildman–Crippen LogP) is 3.64. The Morgan fingerprint density at radius 3 is 2.70 bits per heavy atom. The summed E-state index contributed by atoms with van der Waals surface area (Å²) in [4.78, 5) is 42.4. The molecule has 5 aliphatic heterocycles. The highest BCUT2D eigenvalue weighted by atomic mass is 16.7. The zero-order valence-corrected chi connectivity index (χ0v) is 32.6. The summed E-state index contributed by atoms with van der Waals surface area (Å²) in [5, 5.41) is 15.1. The van der Waals surface area contributed by atoms with Gasteiger partial charge in [0.1, 0.15) is 76.6 Å². The van der Waals surface area contributed by atoms with Crippen LogP contribution in [0.4, 0.5) is 11.6 Å². The third-order valence-corrected chi connectivity index (χ3v) is 12.1. The standard InChI is InChI=1S/C43H47N7O7/c1-22-11-31(51)38-32(54-22)17-33-37(39(38)52)28-12-24(18-46-4)7-9-43(41(53)55-40(28)42(2,3)56-33)34(57-43)6-5-23-13-29(49-35(44)14-23)26-15-27(48-36(45)16-26)20-50-19-25-8-10-47-30(25)21-50/h8,10-11,13-17,19,24,28,34,40,46,52H,5-7,9,12,18,20-21H2,1-4H3,(H2,44,49)(H2,45,48)/p+1/t24-,28-,34-,40-,43+/m1/s1. The highest BCUT2D eigenvalue weighted by Gasteiger charge is 2.65. The normalized spacial score (nSPS) is 27.0. The number of nitrogens with two attached hydrogens (primary N) is 2. The molecule has 0 saturated carbocycles. The number of carbonyl (C=O) groups is 1. The van der Waals surface area contributed by atoms with Crippen molar-refractivity contribution in [2.45, 2.75) is 88.7 Å². The molecule has 1 spiro atoms. The molecular weight excluding hydrogens is 727 g/mol. The molecule has 1 unspecified atom stereocenters. The fraction of sp³-hybridized carbons (Fsp3) is 0.419. The number of phenols is 1. The van der Waals surface area contributed by atoms with E-state index in [4.69, 9.17) is 30.1 Å². The van der Waals surface area contributed by atoms with Gasteiger partial charge in [-0.05, 0) is 108 Å². The number of aromatic nitrogens is 2. The van der Waals surface area contributed by atoms with Gasteiger partial charge in [0.25, 0.3) is 0 Å². The van der Waals surface area contributed by atoms with Gasteiger partial charge in [-0.25, -0.2) is 14.8 Å². The summed E-state index contributed by atoms with van der Waals surface area (Å²) in [6, 6.07) is 10.7. The molecule has 1 aromatic carbocycles. The van der Waals surface area contributed by atoms with Crippen LogP contribution in [-0.2, 0) is 27.2 Å². The summed E-state index contributed by atoms with van der Waals surface area (Å²) in [5.41, 5.74) is 16.5. The molecule has 2 saturated heterocycles. The number of carbonyl (C=O) groups excluding carboxylic acids is 1. The van der Waals surface area contributed by atoms with Gasteiger partial charge in [-0.2, -0.15) is 0 Å². The molecule has 0 bridgehead atoms. The number of allylic oxidation sites excluding steroid dienone is 1. The summed E-state index contributed by atoms with van der Waals surface area (Å²) in [7, 11) is 1.90. The van der Waals surface area contributed by atoms with E-state index in [1.165, 1.54) is 11.0 Å². The highest BCUT2D eigenvalue weighted by molar-refractivity contribution is 6.06. The van der Waals surface area contributed by atoms with Crippen molar-refractivity contribution < 1.29 is 33.4 Å². The van der Waals surface area contributed by atoms with Crippen LogP contribution < -0.4 is 31.8 Å². The first-order valence-electron chi connectivity index (χ1n) is 19.7. The molecule has 3 aromatic heterocycles. The van der Waals surface area contributed by atoms with Gasteiger partial charge >= 0.3 is 5.97 Å². The number of rotatable bonds is 8. The average molecular weight is 775 g/mol. The molecule has 0 radical (unpaired) electrons. The lowest BCUT2D eigenvalue weighted by Crippen LogP contribution is -3.05. The van der Waals surface area contributed by atoms with Crippen LogP contribution in [0.5, 0.6) is 11.5 Å². The van der Waals surface area contributed by atoms with Crippen LogP contribution in [0.25, 0.3) is 22.2 Å². The van der Waals surface area contributed by atoms with E-state index in [0.717, 1.165) is 34.7 Å². The number of benzene rings is 1. The topological polar surface area (TPSA) is 205 Å². The van der Waals surface area contributed by atoms with Gasteiger partial charge in [-0.15, -0.1) is 0 Å². The highest BCUT2D eigenvalue weighted by Crippen LogP contribution is 2.54. The number of nitrogens with one attached hydrogen (secondary N) is 2. The van der Waals surface area contributed by atoms with Crippen molar-refractivity contribution in [3.05, 3.63) is 93.3 Å². The van der Waals surface area contributed by atoms with E-state index >= 15 is 0 Å². The lowest BCUT2D eigenvalue weighted by Gasteiger charge is -2.45. The minimum atomic E-state index is -1.12. The van der Waals surface area contributed by atoms with Crippen molar-refractivity contribution in [1.82, 2.24) is 15.3 Å². The number of nitrogens with zero attached hydrogens (tertiary/aromatic N) is 3. The first-order chi connectivity index (χ1) is 27.3. The second-order valence-corrected chi connectivity index (χ2v) is 16.7. The Morgan fingerprint density at radius 2 is 1.89 bits per heavy atom. The fourth-order valence-electron chi connectivity index (χ4n) is 9.44. The van der Waals surface area contributed by atoms with Gasteiger partial charge in [0.2, 0.25) is 0 Å². The number of nitrogen functional groups attached to an aromatic ring is 2. The Hall–Kier alpha value is -5.57. The molecule has 5 aliphatic rings. The summed E-state index contributed by atoms with van der Waals surface area (Å²) >= 11 is 0. The minimum Gasteiger partial charge on any atom is -0.507 e. The number of esters is 1. The van der Waals surface area contributed by atoms with E-state index in [9.17, 15) is 14.7 Å². The number of fused-ring (bicyclic) bond motifs is 5. The molecule has 6 atom stereocenters. The monoisotopic (exact) mass is 774 g/mol. The molecule has 7 N–H and O–H groups in total. The second kappa shape index (κ2) is 13.8. The van der Waals surface area contributed by atoms with Gasteiger partial charge in [-0.3, -0.25) is 14.7 Å². The number of ether oxygens (including phenoxy) is 3. The number of phenolic OH excluding ortho intramolecular Hbond substituents is 1. The lowest BCUT2D eigenvalue weighted by atomic mass is 9.75. The van der Waals surface area contributed by atoms with E-state index in [-0.39, 0.29) is 34.2 Å². The van der Waals surface area contributed by atoms with Crippen LogP contribution >= 0.6 is 0 Å². The summed E-state index contributed by atoms with van der Waals surface area (Å²) < 4.78 is 25.1. The molecule has 4 aromatic rings. The first-order valence-corrected chi connectivity index (χ1v) is 19.7. The van der Waals surface area contributed by atoms with Gasteiger partial charge in [0.05, 0.1) is 23.1 Å². The van der Waals surface area contributed by atoms with Crippen molar-refractivity contribution in [3.63, 3.8) is 0 Å². The minimum absolute atomic E-state index is 0.0871. The van der Waals surface area contributed by atoms with Crippen LogP contribution in [0.1, 0.15) is 68.0 Å². The third kappa shape index (κ3) is 6.74. The Bertz CT molecular complexity index is 2470. The molecule has 296 valence electrons. The van der Waals surface area contributed by atoms with Crippen LogP contribution in [0.3, 0.4) is 0 Å². The summed E-state index contributed by atoms with van der Waals surface area (Å²) in [5.74, 6) is 0.628. The van der Waals surface area contributed by atoms with Crippen LogP contribution in [0.15, 0.2) is 74.7 Å². The van der Waals surface area contributed by atoms with Gasteiger partial charge < -0.3 is 40.5 Å². The third-order valence-electron chi connectivity index (χ3n) is 12.1. The number of hydrogen-bond donors (Lipinski definition) is 5. The zero-order valence-electron chi connectivity index (χ0n) is 32.6. The molecule has 8 heterocycles. The van der Waals surface area contributed by atoms with Crippen LogP contribution in [0.2, 0.25) is 0 Å². The van der Waals surface area contributed by atoms with Gasteiger partial charge in [-0.1, -0.05) is 0 Å².